The Balaban J connectivity index is 1.45. The Kier molecular flexibility index (Phi) is 5.66. The maximum absolute atomic E-state index is 7.84. The average molecular weight is 342 g/mol. The molecule has 1 aromatic heterocycles. The van der Waals surface area contributed by atoms with E-state index in [0.29, 0.717) is 17.0 Å². The van der Waals surface area contributed by atoms with Crippen LogP contribution in [0.1, 0.15) is 29.2 Å². The van der Waals surface area contributed by atoms with E-state index in [1.807, 2.05) is 17.5 Å². The van der Waals surface area contributed by atoms with E-state index in [4.69, 9.17) is 5.41 Å². The third-order valence-corrected chi connectivity index (χ3v) is 5.58. The lowest BCUT2D eigenvalue weighted by atomic mass is 9.89. The lowest BCUT2D eigenvalue weighted by molar-refractivity contribution is 0.662. The Morgan fingerprint density at radius 1 is 1.17 bits per heavy atom. The number of thiophene rings is 1. The van der Waals surface area contributed by atoms with Crippen molar-refractivity contribution in [2.24, 2.45) is 4.99 Å². The van der Waals surface area contributed by atoms with E-state index in [9.17, 15) is 0 Å². The molecule has 1 aliphatic carbocycles. The van der Waals surface area contributed by atoms with Crippen LogP contribution in [0.25, 0.3) is 0 Å². The molecule has 3 nitrogen and oxygen atoms in total. The van der Waals surface area contributed by atoms with Gasteiger partial charge in [-0.1, -0.05) is 48.6 Å². The zero-order valence-electron chi connectivity index (χ0n) is 12.7. The third kappa shape index (κ3) is 4.56. The minimum Gasteiger partial charge on any atom is -0.320 e. The van der Waals surface area contributed by atoms with Gasteiger partial charge in [-0.2, -0.15) is 0 Å². The van der Waals surface area contributed by atoms with Crippen LogP contribution in [0.4, 0.5) is 0 Å². The summed E-state index contributed by atoms with van der Waals surface area (Å²) in [6, 6.07) is 14.5. The van der Waals surface area contributed by atoms with Crippen molar-refractivity contribution in [3.8, 4) is 0 Å². The van der Waals surface area contributed by atoms with Gasteiger partial charge in [0.1, 0.15) is 6.34 Å². The summed E-state index contributed by atoms with van der Waals surface area (Å²) in [7, 11) is 0. The summed E-state index contributed by atoms with van der Waals surface area (Å²) in [6.45, 7) is 0. The summed E-state index contributed by atoms with van der Waals surface area (Å²) in [5, 5.41) is 10.3. The zero-order valence-corrected chi connectivity index (χ0v) is 14.3. The second-order valence-electron chi connectivity index (χ2n) is 5.34. The van der Waals surface area contributed by atoms with E-state index in [1.54, 1.807) is 18.3 Å². The topological polar surface area (TPSA) is 48.2 Å². The monoisotopic (exact) mass is 341 g/mol. The van der Waals surface area contributed by atoms with Crippen molar-refractivity contribution in [2.45, 2.75) is 24.0 Å². The molecule has 2 aromatic rings. The molecule has 0 bridgehead atoms. The van der Waals surface area contributed by atoms with Crippen LogP contribution in [-0.4, -0.2) is 17.4 Å². The van der Waals surface area contributed by atoms with E-state index >= 15 is 0 Å². The van der Waals surface area contributed by atoms with Crippen LogP contribution in [0, 0.1) is 5.41 Å². The first-order chi connectivity index (χ1) is 11.3. The van der Waals surface area contributed by atoms with E-state index in [-0.39, 0.29) is 0 Å². The van der Waals surface area contributed by atoms with Gasteiger partial charge in [0, 0.05) is 11.2 Å². The van der Waals surface area contributed by atoms with Gasteiger partial charge in [-0.3, -0.25) is 5.41 Å². The number of nitrogens with one attached hydrogen (secondary N) is 2. The standard InChI is InChI=1S/C18H19N3S2/c19-18(17-7-4-12-22-17)20-13-21-23-16-10-8-15(9-11-16)14-5-2-1-3-6-14/h1-8,10,12-13,15-16H,9,11H2,(H2,19,20,21). The first-order valence-corrected chi connectivity index (χ1v) is 9.38. The van der Waals surface area contributed by atoms with Gasteiger partial charge in [0.2, 0.25) is 0 Å². The lowest BCUT2D eigenvalue weighted by Gasteiger charge is -2.22. The van der Waals surface area contributed by atoms with Crippen LogP contribution < -0.4 is 4.72 Å². The van der Waals surface area contributed by atoms with Crippen molar-refractivity contribution >= 4 is 35.5 Å². The molecule has 0 saturated carbocycles. The molecule has 0 fully saturated rings. The summed E-state index contributed by atoms with van der Waals surface area (Å²) in [4.78, 5) is 5.01. The molecule has 1 heterocycles. The van der Waals surface area contributed by atoms with Crippen molar-refractivity contribution in [3.63, 3.8) is 0 Å². The Morgan fingerprint density at radius 2 is 2.04 bits per heavy atom. The number of nitrogens with zero attached hydrogens (tertiary/aromatic N) is 1. The van der Waals surface area contributed by atoms with Crippen molar-refractivity contribution in [2.75, 3.05) is 0 Å². The second kappa shape index (κ2) is 8.13. The molecule has 2 atom stereocenters. The Morgan fingerprint density at radius 3 is 2.74 bits per heavy atom. The van der Waals surface area contributed by atoms with Gasteiger partial charge in [0.05, 0.1) is 4.88 Å². The number of benzene rings is 1. The maximum atomic E-state index is 7.84. The highest BCUT2D eigenvalue weighted by Crippen LogP contribution is 2.31. The number of allylic oxidation sites excluding steroid dienone is 1. The first-order valence-electron chi connectivity index (χ1n) is 7.62. The van der Waals surface area contributed by atoms with Crippen molar-refractivity contribution in [1.29, 1.82) is 5.41 Å². The molecular weight excluding hydrogens is 322 g/mol. The SMILES string of the molecule is N=C(/N=C\NSC1C=CC(c2ccccc2)CC1)c1cccs1. The van der Waals surface area contributed by atoms with Gasteiger partial charge in [0.15, 0.2) is 5.84 Å². The highest BCUT2D eigenvalue weighted by atomic mass is 32.2. The number of hydrogen-bond donors (Lipinski definition) is 2. The molecule has 2 unspecified atom stereocenters. The minimum atomic E-state index is 0.302. The van der Waals surface area contributed by atoms with Crippen LogP contribution >= 0.6 is 23.3 Å². The molecule has 1 aromatic carbocycles. The predicted octanol–water partition coefficient (Wildman–Crippen LogP) is 4.84. The average Bonchev–Trinajstić information content (AvgIpc) is 3.15. The molecular formula is C18H19N3S2. The fourth-order valence-electron chi connectivity index (χ4n) is 2.56. The fourth-order valence-corrected chi connectivity index (χ4v) is 3.89. The number of hydrogen-bond acceptors (Lipinski definition) is 3. The summed E-state index contributed by atoms with van der Waals surface area (Å²) < 4.78 is 3.14. The van der Waals surface area contributed by atoms with E-state index in [1.165, 1.54) is 23.3 Å². The third-order valence-electron chi connectivity index (χ3n) is 3.77. The van der Waals surface area contributed by atoms with E-state index < -0.39 is 0 Å². The number of rotatable bonds is 5. The minimum absolute atomic E-state index is 0.302. The van der Waals surface area contributed by atoms with Gasteiger partial charge in [-0.05, 0) is 41.8 Å². The molecule has 0 radical (unpaired) electrons. The van der Waals surface area contributed by atoms with Crippen LogP contribution in [0.15, 0.2) is 65.0 Å². The molecule has 5 heteroatoms. The first kappa shape index (κ1) is 16.0. The lowest BCUT2D eigenvalue weighted by Crippen LogP contribution is -2.14. The fraction of sp³-hybridized carbons (Fsp3) is 0.222. The number of aliphatic imine (C=N–C) groups is 1. The maximum Gasteiger partial charge on any atom is 0.163 e. The van der Waals surface area contributed by atoms with Gasteiger partial charge in [-0.15, -0.1) is 11.3 Å². The highest BCUT2D eigenvalue weighted by Gasteiger charge is 2.17. The van der Waals surface area contributed by atoms with Crippen molar-refractivity contribution in [1.82, 2.24) is 4.72 Å². The van der Waals surface area contributed by atoms with Gasteiger partial charge in [0.25, 0.3) is 0 Å². The van der Waals surface area contributed by atoms with Crippen LogP contribution in [0.3, 0.4) is 0 Å². The molecule has 2 N–H and O–H groups in total. The van der Waals surface area contributed by atoms with Crippen molar-refractivity contribution in [3.05, 3.63) is 70.4 Å². The van der Waals surface area contributed by atoms with Gasteiger partial charge in [-0.25, -0.2) is 4.99 Å². The van der Waals surface area contributed by atoms with Crippen molar-refractivity contribution < 1.29 is 0 Å². The smallest absolute Gasteiger partial charge is 0.163 e. The largest absolute Gasteiger partial charge is 0.320 e. The van der Waals surface area contributed by atoms with Crippen LogP contribution in [0.2, 0.25) is 0 Å². The van der Waals surface area contributed by atoms with Gasteiger partial charge < -0.3 is 4.72 Å². The molecule has 0 spiro atoms. The molecule has 0 saturated heterocycles. The van der Waals surface area contributed by atoms with Crippen LogP contribution in [-0.2, 0) is 0 Å². The summed E-state index contributed by atoms with van der Waals surface area (Å²) in [5.41, 5.74) is 1.39. The van der Waals surface area contributed by atoms with Gasteiger partial charge >= 0.3 is 0 Å². The Bertz CT molecular complexity index is 678. The molecule has 1 aliphatic rings. The molecule has 23 heavy (non-hydrogen) atoms. The summed E-state index contributed by atoms with van der Waals surface area (Å²) in [6.07, 6.45) is 8.51. The normalized spacial score (nSPS) is 20.7. The predicted molar refractivity (Wildman–Crippen MR) is 102 cm³/mol. The highest BCUT2D eigenvalue weighted by molar-refractivity contribution is 7.98. The molecule has 0 aliphatic heterocycles. The Hall–Kier alpha value is -1.85. The van der Waals surface area contributed by atoms with E-state index in [0.717, 1.165) is 11.3 Å². The van der Waals surface area contributed by atoms with Crippen LogP contribution in [0.5, 0.6) is 0 Å². The quantitative estimate of drug-likeness (QED) is 0.354. The zero-order chi connectivity index (χ0) is 15.9. The molecule has 118 valence electrons. The molecule has 0 amide bonds. The summed E-state index contributed by atoms with van der Waals surface area (Å²) in [5.74, 6) is 0.838. The van der Waals surface area contributed by atoms with E-state index in [2.05, 4.69) is 52.2 Å². The Labute approximate surface area is 145 Å². The molecule has 3 rings (SSSR count). The second-order valence-corrected chi connectivity index (χ2v) is 7.36. The summed E-state index contributed by atoms with van der Waals surface area (Å²) >= 11 is 3.19. The number of amidine groups is 1.